The van der Waals surface area contributed by atoms with Crippen LogP contribution in [0, 0.1) is 5.92 Å². The third-order valence-electron chi connectivity index (χ3n) is 3.22. The second kappa shape index (κ2) is 6.41. The molecule has 0 aromatic carbocycles. The van der Waals surface area contributed by atoms with Gasteiger partial charge in [-0.3, -0.25) is 0 Å². The lowest BCUT2D eigenvalue weighted by atomic mass is 9.96. The maximum atomic E-state index is 5.59. The SMILES string of the molecule is CNC(CCOC(C)C)C1CCCC1. The molecule has 84 valence electrons. The Morgan fingerprint density at radius 2 is 1.93 bits per heavy atom. The highest BCUT2D eigenvalue weighted by Gasteiger charge is 2.23. The zero-order chi connectivity index (χ0) is 10.4. The molecule has 14 heavy (non-hydrogen) atoms. The van der Waals surface area contributed by atoms with Gasteiger partial charge in [0, 0.05) is 12.6 Å². The summed E-state index contributed by atoms with van der Waals surface area (Å²) in [5.41, 5.74) is 0. The van der Waals surface area contributed by atoms with Crippen molar-refractivity contribution in [1.29, 1.82) is 0 Å². The van der Waals surface area contributed by atoms with E-state index in [-0.39, 0.29) is 0 Å². The number of hydrogen-bond donors (Lipinski definition) is 1. The van der Waals surface area contributed by atoms with Gasteiger partial charge >= 0.3 is 0 Å². The molecule has 1 rings (SSSR count). The van der Waals surface area contributed by atoms with Crippen molar-refractivity contribution in [2.45, 2.75) is 58.1 Å². The Balaban J connectivity index is 2.17. The molecule has 2 nitrogen and oxygen atoms in total. The van der Waals surface area contributed by atoms with Crippen molar-refractivity contribution in [2.24, 2.45) is 5.92 Å². The fourth-order valence-corrected chi connectivity index (χ4v) is 2.41. The molecule has 0 spiro atoms. The first-order chi connectivity index (χ1) is 6.74. The molecule has 1 N–H and O–H groups in total. The smallest absolute Gasteiger partial charge is 0.0518 e. The summed E-state index contributed by atoms with van der Waals surface area (Å²) in [4.78, 5) is 0. The van der Waals surface area contributed by atoms with Crippen molar-refractivity contribution < 1.29 is 4.74 Å². The van der Waals surface area contributed by atoms with E-state index in [9.17, 15) is 0 Å². The summed E-state index contributed by atoms with van der Waals surface area (Å²) in [6, 6.07) is 0.677. The van der Waals surface area contributed by atoms with Crippen LogP contribution < -0.4 is 5.32 Å². The van der Waals surface area contributed by atoms with Gasteiger partial charge in [-0.15, -0.1) is 0 Å². The summed E-state index contributed by atoms with van der Waals surface area (Å²) >= 11 is 0. The van der Waals surface area contributed by atoms with E-state index in [1.807, 2.05) is 0 Å². The van der Waals surface area contributed by atoms with Crippen LogP contribution in [0.5, 0.6) is 0 Å². The molecule has 0 aromatic heterocycles. The van der Waals surface area contributed by atoms with Crippen LogP contribution in [0.25, 0.3) is 0 Å². The lowest BCUT2D eigenvalue weighted by molar-refractivity contribution is 0.0679. The highest BCUT2D eigenvalue weighted by molar-refractivity contribution is 4.79. The zero-order valence-electron chi connectivity index (χ0n) is 9.88. The summed E-state index contributed by atoms with van der Waals surface area (Å²) in [5.74, 6) is 0.899. The Morgan fingerprint density at radius 1 is 1.29 bits per heavy atom. The van der Waals surface area contributed by atoms with Crippen LogP contribution in [0.15, 0.2) is 0 Å². The first kappa shape index (κ1) is 12.0. The van der Waals surface area contributed by atoms with Gasteiger partial charge in [0.1, 0.15) is 0 Å². The average molecular weight is 199 g/mol. The van der Waals surface area contributed by atoms with Crippen LogP contribution in [0.4, 0.5) is 0 Å². The molecule has 1 fully saturated rings. The molecule has 1 unspecified atom stereocenters. The molecule has 1 aliphatic carbocycles. The van der Waals surface area contributed by atoms with Crippen LogP contribution in [0.2, 0.25) is 0 Å². The standard InChI is InChI=1S/C12H25NO/c1-10(2)14-9-8-12(13-3)11-6-4-5-7-11/h10-13H,4-9H2,1-3H3. The van der Waals surface area contributed by atoms with Crippen molar-refractivity contribution in [1.82, 2.24) is 5.32 Å². The summed E-state index contributed by atoms with van der Waals surface area (Å²) in [6.45, 7) is 5.10. The van der Waals surface area contributed by atoms with Gasteiger partial charge in [-0.2, -0.15) is 0 Å². The minimum absolute atomic E-state index is 0.371. The highest BCUT2D eigenvalue weighted by Crippen LogP contribution is 2.28. The van der Waals surface area contributed by atoms with Crippen LogP contribution in [-0.2, 0) is 4.74 Å². The van der Waals surface area contributed by atoms with Gasteiger partial charge in [-0.25, -0.2) is 0 Å². The third-order valence-corrected chi connectivity index (χ3v) is 3.22. The Bertz CT molecular complexity index is 141. The summed E-state index contributed by atoms with van der Waals surface area (Å²) < 4.78 is 5.59. The molecule has 2 heteroatoms. The Labute approximate surface area is 88.4 Å². The molecule has 0 saturated heterocycles. The first-order valence-corrected chi connectivity index (χ1v) is 6.03. The fraction of sp³-hybridized carbons (Fsp3) is 1.00. The normalized spacial score (nSPS) is 20.6. The number of nitrogens with one attached hydrogen (secondary N) is 1. The fourth-order valence-electron chi connectivity index (χ4n) is 2.41. The minimum Gasteiger partial charge on any atom is -0.379 e. The molecule has 0 heterocycles. The molecule has 1 atom stereocenters. The van der Waals surface area contributed by atoms with E-state index in [2.05, 4.69) is 26.2 Å². The quantitative estimate of drug-likeness (QED) is 0.710. The van der Waals surface area contributed by atoms with E-state index in [1.165, 1.54) is 32.1 Å². The molecule has 0 bridgehead atoms. The van der Waals surface area contributed by atoms with Gasteiger partial charge < -0.3 is 10.1 Å². The lowest BCUT2D eigenvalue weighted by Crippen LogP contribution is -2.33. The van der Waals surface area contributed by atoms with Crippen LogP contribution in [0.3, 0.4) is 0 Å². The monoisotopic (exact) mass is 199 g/mol. The molecule has 1 aliphatic rings. The van der Waals surface area contributed by atoms with Crippen molar-refractivity contribution in [2.75, 3.05) is 13.7 Å². The Kier molecular flexibility index (Phi) is 5.49. The molecule has 0 radical (unpaired) electrons. The largest absolute Gasteiger partial charge is 0.379 e. The molecule has 1 saturated carbocycles. The molecule has 0 amide bonds. The maximum absolute atomic E-state index is 5.59. The van der Waals surface area contributed by atoms with Gasteiger partial charge in [0.25, 0.3) is 0 Å². The highest BCUT2D eigenvalue weighted by atomic mass is 16.5. The zero-order valence-corrected chi connectivity index (χ0v) is 9.88. The lowest BCUT2D eigenvalue weighted by Gasteiger charge is -2.23. The summed E-state index contributed by atoms with van der Waals surface area (Å²) in [7, 11) is 2.08. The van der Waals surface area contributed by atoms with Crippen LogP contribution >= 0.6 is 0 Å². The van der Waals surface area contributed by atoms with Gasteiger partial charge in [-0.05, 0) is 46.1 Å². The van der Waals surface area contributed by atoms with Gasteiger partial charge in [0.05, 0.1) is 6.10 Å². The van der Waals surface area contributed by atoms with Gasteiger partial charge in [0.2, 0.25) is 0 Å². The molecule has 0 aliphatic heterocycles. The second-order valence-corrected chi connectivity index (χ2v) is 4.65. The summed E-state index contributed by atoms with van der Waals surface area (Å²) in [5, 5.41) is 3.44. The predicted molar refractivity (Wildman–Crippen MR) is 60.5 cm³/mol. The van der Waals surface area contributed by atoms with Gasteiger partial charge in [0.15, 0.2) is 0 Å². The van der Waals surface area contributed by atoms with Crippen molar-refractivity contribution in [3.05, 3.63) is 0 Å². The van der Waals surface area contributed by atoms with Crippen LogP contribution in [-0.4, -0.2) is 25.8 Å². The minimum atomic E-state index is 0.371. The molecular weight excluding hydrogens is 174 g/mol. The van der Waals surface area contributed by atoms with Gasteiger partial charge in [-0.1, -0.05) is 12.8 Å². The summed E-state index contributed by atoms with van der Waals surface area (Å²) in [6.07, 6.45) is 7.21. The Hall–Kier alpha value is -0.0800. The van der Waals surface area contributed by atoms with E-state index in [1.54, 1.807) is 0 Å². The number of hydrogen-bond acceptors (Lipinski definition) is 2. The maximum Gasteiger partial charge on any atom is 0.0518 e. The average Bonchev–Trinajstić information content (AvgIpc) is 2.64. The first-order valence-electron chi connectivity index (χ1n) is 6.03. The molecule has 0 aromatic rings. The van der Waals surface area contributed by atoms with E-state index >= 15 is 0 Å². The molecular formula is C12H25NO. The Morgan fingerprint density at radius 3 is 2.43 bits per heavy atom. The van der Waals surface area contributed by atoms with E-state index < -0.39 is 0 Å². The van der Waals surface area contributed by atoms with Crippen molar-refractivity contribution in [3.8, 4) is 0 Å². The van der Waals surface area contributed by atoms with Crippen molar-refractivity contribution in [3.63, 3.8) is 0 Å². The van der Waals surface area contributed by atoms with Crippen molar-refractivity contribution >= 4 is 0 Å². The number of ether oxygens (including phenoxy) is 1. The van der Waals surface area contributed by atoms with E-state index in [0.29, 0.717) is 12.1 Å². The predicted octanol–water partition coefficient (Wildman–Crippen LogP) is 2.58. The van der Waals surface area contributed by atoms with Crippen LogP contribution in [0.1, 0.15) is 46.0 Å². The van der Waals surface area contributed by atoms with E-state index in [0.717, 1.165) is 12.5 Å². The van der Waals surface area contributed by atoms with E-state index in [4.69, 9.17) is 4.74 Å². The second-order valence-electron chi connectivity index (χ2n) is 4.65. The third kappa shape index (κ3) is 3.97. The topological polar surface area (TPSA) is 21.3 Å². The number of rotatable bonds is 6.